The molecule has 0 aromatic heterocycles. The minimum atomic E-state index is -0.657. The van der Waals surface area contributed by atoms with Gasteiger partial charge in [-0.3, -0.25) is 4.79 Å². The summed E-state index contributed by atoms with van der Waals surface area (Å²) in [6.45, 7) is 9.39. The van der Waals surface area contributed by atoms with Crippen molar-refractivity contribution in [2.24, 2.45) is 5.92 Å². The molecule has 5 nitrogen and oxygen atoms in total. The van der Waals surface area contributed by atoms with Gasteiger partial charge in [-0.1, -0.05) is 19.9 Å². The number of aryl methyl sites for hydroxylation is 1. The summed E-state index contributed by atoms with van der Waals surface area (Å²) in [7, 11) is 0. The van der Waals surface area contributed by atoms with Crippen LogP contribution in [0.25, 0.3) is 0 Å². The Kier molecular flexibility index (Phi) is 6.40. The number of nitrogens with one attached hydrogen (secondary N) is 1. The third-order valence-electron chi connectivity index (χ3n) is 3.16. The lowest BCUT2D eigenvalue weighted by Gasteiger charge is -2.21. The van der Waals surface area contributed by atoms with Crippen LogP contribution in [0, 0.1) is 12.8 Å². The quantitative estimate of drug-likeness (QED) is 0.625. The van der Waals surface area contributed by atoms with Crippen LogP contribution in [-0.4, -0.2) is 24.0 Å². The molecule has 0 radical (unpaired) electrons. The van der Waals surface area contributed by atoms with Gasteiger partial charge in [-0.05, 0) is 50.8 Å². The number of benzene rings is 1. The normalized spacial score (nSPS) is 12.3. The maximum absolute atomic E-state index is 12.4. The van der Waals surface area contributed by atoms with Gasteiger partial charge in [0.25, 0.3) is 5.91 Å². The monoisotopic (exact) mass is 306 g/mol. The summed E-state index contributed by atoms with van der Waals surface area (Å²) in [6.07, 6.45) is 0.312. The van der Waals surface area contributed by atoms with Gasteiger partial charge in [0.15, 0.2) is 0 Å². The number of carbonyl (C=O) groups excluding carboxylic acids is 2. The van der Waals surface area contributed by atoms with Crippen LogP contribution in [0.4, 0.5) is 5.69 Å². The van der Waals surface area contributed by atoms with Gasteiger partial charge in [0, 0.05) is 11.3 Å². The molecule has 1 amide bonds. The summed E-state index contributed by atoms with van der Waals surface area (Å²) in [5.74, 6) is -0.457. The maximum atomic E-state index is 12.4. The lowest BCUT2D eigenvalue weighted by Crippen LogP contribution is -2.43. The Morgan fingerprint density at radius 3 is 2.41 bits per heavy atom. The molecule has 1 atom stereocenters. The molecular formula is C17H26N2O3. The van der Waals surface area contributed by atoms with E-state index in [0.29, 0.717) is 17.7 Å². The summed E-state index contributed by atoms with van der Waals surface area (Å²) in [5, 5.41) is 2.77. The third kappa shape index (κ3) is 5.39. The Labute approximate surface area is 132 Å². The van der Waals surface area contributed by atoms with E-state index in [9.17, 15) is 9.59 Å². The number of ether oxygens (including phenoxy) is 1. The first-order valence-corrected chi connectivity index (χ1v) is 7.58. The van der Waals surface area contributed by atoms with Crippen molar-refractivity contribution in [1.29, 1.82) is 0 Å². The summed E-state index contributed by atoms with van der Waals surface area (Å²) in [5.41, 5.74) is 7.54. The molecule has 1 aromatic rings. The SMILES string of the molecule is Cc1ccc(N)cc1C(=O)N[C@@H](CC(C)C)C(=O)OC(C)C. The van der Waals surface area contributed by atoms with Gasteiger partial charge in [0.05, 0.1) is 6.10 Å². The zero-order chi connectivity index (χ0) is 16.9. The number of carbonyl (C=O) groups is 2. The van der Waals surface area contributed by atoms with Gasteiger partial charge in [0.2, 0.25) is 0 Å². The maximum Gasteiger partial charge on any atom is 0.328 e. The molecule has 3 N–H and O–H groups in total. The molecule has 0 spiro atoms. The molecule has 5 heteroatoms. The van der Waals surface area contributed by atoms with Gasteiger partial charge >= 0.3 is 5.97 Å². The van der Waals surface area contributed by atoms with E-state index in [2.05, 4.69) is 5.32 Å². The zero-order valence-electron chi connectivity index (χ0n) is 14.0. The van der Waals surface area contributed by atoms with Crippen LogP contribution in [-0.2, 0) is 9.53 Å². The lowest BCUT2D eigenvalue weighted by atomic mass is 10.0. The minimum Gasteiger partial charge on any atom is -0.461 e. The van der Waals surface area contributed by atoms with Crippen molar-refractivity contribution in [2.75, 3.05) is 5.73 Å². The van der Waals surface area contributed by atoms with Crippen molar-refractivity contribution < 1.29 is 14.3 Å². The molecule has 0 saturated heterocycles. The van der Waals surface area contributed by atoms with Crippen molar-refractivity contribution in [3.63, 3.8) is 0 Å². The average molecular weight is 306 g/mol. The Morgan fingerprint density at radius 2 is 1.86 bits per heavy atom. The third-order valence-corrected chi connectivity index (χ3v) is 3.16. The average Bonchev–Trinajstić information content (AvgIpc) is 2.39. The smallest absolute Gasteiger partial charge is 0.328 e. The molecule has 0 aliphatic carbocycles. The van der Waals surface area contributed by atoms with E-state index < -0.39 is 12.0 Å². The van der Waals surface area contributed by atoms with E-state index in [1.807, 2.05) is 20.8 Å². The summed E-state index contributed by atoms with van der Waals surface area (Å²) in [4.78, 5) is 24.6. The molecule has 0 fully saturated rings. The second-order valence-corrected chi connectivity index (χ2v) is 6.22. The van der Waals surface area contributed by atoms with Crippen LogP contribution >= 0.6 is 0 Å². The van der Waals surface area contributed by atoms with Crippen LogP contribution in [0.5, 0.6) is 0 Å². The Hall–Kier alpha value is -2.04. The van der Waals surface area contributed by atoms with Gasteiger partial charge in [-0.2, -0.15) is 0 Å². The van der Waals surface area contributed by atoms with Crippen LogP contribution in [0.3, 0.4) is 0 Å². The van der Waals surface area contributed by atoms with Crippen LogP contribution in [0.1, 0.15) is 50.0 Å². The van der Waals surface area contributed by atoms with Gasteiger partial charge < -0.3 is 15.8 Å². The second-order valence-electron chi connectivity index (χ2n) is 6.22. The second kappa shape index (κ2) is 7.82. The molecule has 0 bridgehead atoms. The highest BCUT2D eigenvalue weighted by Gasteiger charge is 2.25. The Balaban J connectivity index is 2.90. The predicted octanol–water partition coefficient (Wildman–Crippen LogP) is 2.67. The number of nitrogen functional groups attached to an aromatic ring is 1. The molecule has 22 heavy (non-hydrogen) atoms. The summed E-state index contributed by atoms with van der Waals surface area (Å²) in [6, 6.07) is 4.49. The molecule has 1 aromatic carbocycles. The number of anilines is 1. The van der Waals surface area contributed by atoms with E-state index in [-0.39, 0.29) is 17.9 Å². The number of amides is 1. The largest absolute Gasteiger partial charge is 0.461 e. The van der Waals surface area contributed by atoms with Crippen LogP contribution < -0.4 is 11.1 Å². The highest BCUT2D eigenvalue weighted by Crippen LogP contribution is 2.14. The van der Waals surface area contributed by atoms with E-state index in [4.69, 9.17) is 10.5 Å². The highest BCUT2D eigenvalue weighted by atomic mass is 16.5. The number of hydrogen-bond acceptors (Lipinski definition) is 4. The van der Waals surface area contributed by atoms with E-state index in [0.717, 1.165) is 5.56 Å². The van der Waals surface area contributed by atoms with Crippen molar-refractivity contribution in [2.45, 2.75) is 53.2 Å². The molecular weight excluding hydrogens is 280 g/mol. The highest BCUT2D eigenvalue weighted by molar-refractivity contribution is 5.98. The molecule has 1 rings (SSSR count). The van der Waals surface area contributed by atoms with Crippen LogP contribution in [0.2, 0.25) is 0 Å². The fourth-order valence-corrected chi connectivity index (χ4v) is 2.12. The van der Waals surface area contributed by atoms with Gasteiger partial charge in [0.1, 0.15) is 6.04 Å². The number of esters is 1. The number of rotatable bonds is 6. The van der Waals surface area contributed by atoms with Crippen molar-refractivity contribution >= 4 is 17.6 Å². The van der Waals surface area contributed by atoms with E-state index in [1.165, 1.54) is 0 Å². The number of hydrogen-bond donors (Lipinski definition) is 2. The minimum absolute atomic E-state index is 0.215. The Bertz CT molecular complexity index is 539. The molecule has 0 aliphatic heterocycles. The molecule has 0 heterocycles. The summed E-state index contributed by atoms with van der Waals surface area (Å²) >= 11 is 0. The standard InChI is InChI=1S/C17H26N2O3/c1-10(2)8-15(17(21)22-11(3)4)19-16(20)14-9-13(18)7-6-12(14)5/h6-7,9-11,15H,8,18H2,1-5H3,(H,19,20)/t15-/m0/s1. The molecule has 122 valence electrons. The fourth-order valence-electron chi connectivity index (χ4n) is 2.12. The first kappa shape index (κ1) is 18.0. The van der Waals surface area contributed by atoms with Crippen molar-refractivity contribution in [3.8, 4) is 0 Å². The topological polar surface area (TPSA) is 81.4 Å². The van der Waals surface area contributed by atoms with Crippen LogP contribution in [0.15, 0.2) is 18.2 Å². The predicted molar refractivity (Wildman–Crippen MR) is 87.5 cm³/mol. The van der Waals surface area contributed by atoms with Gasteiger partial charge in [-0.25, -0.2) is 4.79 Å². The van der Waals surface area contributed by atoms with Gasteiger partial charge in [-0.15, -0.1) is 0 Å². The van der Waals surface area contributed by atoms with Crippen molar-refractivity contribution in [1.82, 2.24) is 5.32 Å². The summed E-state index contributed by atoms with van der Waals surface area (Å²) < 4.78 is 5.23. The van der Waals surface area contributed by atoms with E-state index in [1.54, 1.807) is 32.0 Å². The lowest BCUT2D eigenvalue weighted by molar-refractivity contribution is -0.150. The zero-order valence-corrected chi connectivity index (χ0v) is 14.0. The van der Waals surface area contributed by atoms with Crippen molar-refractivity contribution in [3.05, 3.63) is 29.3 Å². The first-order chi connectivity index (χ1) is 10.2. The van der Waals surface area contributed by atoms with E-state index >= 15 is 0 Å². The fraction of sp³-hybridized carbons (Fsp3) is 0.529. The molecule has 0 unspecified atom stereocenters. The number of nitrogens with two attached hydrogens (primary N) is 1. The molecule has 0 aliphatic rings. The molecule has 0 saturated carbocycles. The first-order valence-electron chi connectivity index (χ1n) is 7.58. The Morgan fingerprint density at radius 1 is 1.23 bits per heavy atom.